The summed E-state index contributed by atoms with van der Waals surface area (Å²) in [6.07, 6.45) is -0.740. The number of nitrogens with zero attached hydrogens (tertiary/aromatic N) is 2. The van der Waals surface area contributed by atoms with E-state index < -0.39 is 12.1 Å². The van der Waals surface area contributed by atoms with Crippen molar-refractivity contribution in [2.75, 3.05) is 18.5 Å². The lowest BCUT2D eigenvalue weighted by atomic mass is 9.98. The first-order valence-electron chi connectivity index (χ1n) is 9.66. The van der Waals surface area contributed by atoms with E-state index in [4.69, 9.17) is 9.47 Å². The molecule has 0 unspecified atom stereocenters. The van der Waals surface area contributed by atoms with Gasteiger partial charge in [0.05, 0.1) is 6.61 Å². The van der Waals surface area contributed by atoms with Gasteiger partial charge in [0, 0.05) is 12.5 Å². The standard InChI is InChI=1S/C22H19N3O5/c26-21(27)19-20(23-18-12-29-10-9-25(18)19)24-22(28)30-11-17-15-7-3-1-5-13(15)14-6-2-4-8-16(14)17/h1-8,17H,9-12H2,(H,24,28)(H,26,27). The second kappa shape index (κ2) is 7.31. The Hall–Kier alpha value is -3.65. The molecule has 152 valence electrons. The molecule has 2 aromatic carbocycles. The van der Waals surface area contributed by atoms with Gasteiger partial charge in [-0.25, -0.2) is 14.6 Å². The number of carboxylic acids is 1. The Labute approximate surface area is 172 Å². The Morgan fingerprint density at radius 3 is 2.47 bits per heavy atom. The van der Waals surface area contributed by atoms with Crippen LogP contribution in [0.5, 0.6) is 0 Å². The smallest absolute Gasteiger partial charge is 0.412 e. The second-order valence-corrected chi connectivity index (χ2v) is 7.19. The maximum atomic E-state index is 12.5. The predicted octanol–water partition coefficient (Wildman–Crippen LogP) is 3.47. The van der Waals surface area contributed by atoms with E-state index in [1.165, 1.54) is 0 Å². The Bertz CT molecular complexity index is 1110. The predicted molar refractivity (Wildman–Crippen MR) is 108 cm³/mol. The van der Waals surface area contributed by atoms with Crippen molar-refractivity contribution < 1.29 is 24.2 Å². The fourth-order valence-electron chi connectivity index (χ4n) is 4.20. The quantitative estimate of drug-likeness (QED) is 0.689. The highest BCUT2D eigenvalue weighted by atomic mass is 16.5. The zero-order valence-electron chi connectivity index (χ0n) is 16.0. The van der Waals surface area contributed by atoms with E-state index in [0.29, 0.717) is 19.0 Å². The highest BCUT2D eigenvalue weighted by Crippen LogP contribution is 2.44. The van der Waals surface area contributed by atoms with Crippen molar-refractivity contribution in [2.24, 2.45) is 0 Å². The van der Waals surface area contributed by atoms with Gasteiger partial charge in [-0.3, -0.25) is 5.32 Å². The van der Waals surface area contributed by atoms with Crippen molar-refractivity contribution in [1.29, 1.82) is 0 Å². The van der Waals surface area contributed by atoms with E-state index in [9.17, 15) is 14.7 Å². The van der Waals surface area contributed by atoms with Crippen LogP contribution in [0.25, 0.3) is 11.1 Å². The molecule has 3 aromatic rings. The largest absolute Gasteiger partial charge is 0.476 e. The first-order chi connectivity index (χ1) is 14.6. The number of rotatable bonds is 4. The molecule has 1 aliphatic heterocycles. The van der Waals surface area contributed by atoms with E-state index in [1.54, 1.807) is 4.57 Å². The minimum absolute atomic E-state index is 0.0276. The molecular formula is C22H19N3O5. The molecule has 0 radical (unpaired) electrons. The number of amides is 1. The molecule has 0 spiro atoms. The third-order valence-corrected chi connectivity index (χ3v) is 5.50. The fraction of sp³-hybridized carbons (Fsp3) is 0.227. The molecule has 8 nitrogen and oxygen atoms in total. The Kier molecular flexibility index (Phi) is 4.48. The van der Waals surface area contributed by atoms with E-state index in [2.05, 4.69) is 22.4 Å². The van der Waals surface area contributed by atoms with Crippen LogP contribution in [0, 0.1) is 0 Å². The van der Waals surface area contributed by atoms with Crippen LogP contribution >= 0.6 is 0 Å². The lowest BCUT2D eigenvalue weighted by Gasteiger charge is -2.15. The number of aromatic nitrogens is 2. The first kappa shape index (κ1) is 18.4. The summed E-state index contributed by atoms with van der Waals surface area (Å²) in [5.74, 6) is -0.803. The molecule has 0 saturated heterocycles. The fourth-order valence-corrected chi connectivity index (χ4v) is 4.20. The van der Waals surface area contributed by atoms with Crippen molar-refractivity contribution in [2.45, 2.75) is 19.1 Å². The van der Waals surface area contributed by atoms with Gasteiger partial charge in [-0.1, -0.05) is 48.5 Å². The van der Waals surface area contributed by atoms with Crippen molar-refractivity contribution in [1.82, 2.24) is 9.55 Å². The van der Waals surface area contributed by atoms with Gasteiger partial charge < -0.3 is 19.1 Å². The molecule has 2 heterocycles. The summed E-state index contributed by atoms with van der Waals surface area (Å²) in [5, 5.41) is 12.0. The summed E-state index contributed by atoms with van der Waals surface area (Å²) in [7, 11) is 0. The maximum Gasteiger partial charge on any atom is 0.412 e. The number of anilines is 1. The Morgan fingerprint density at radius 2 is 1.80 bits per heavy atom. The summed E-state index contributed by atoms with van der Waals surface area (Å²) < 4.78 is 12.3. The van der Waals surface area contributed by atoms with Crippen molar-refractivity contribution in [3.05, 3.63) is 71.2 Å². The Balaban J connectivity index is 1.34. The number of carbonyl (C=O) groups excluding carboxylic acids is 1. The van der Waals surface area contributed by atoms with Gasteiger partial charge in [-0.15, -0.1) is 0 Å². The van der Waals surface area contributed by atoms with Crippen LogP contribution in [0.2, 0.25) is 0 Å². The molecule has 8 heteroatoms. The highest BCUT2D eigenvalue weighted by Gasteiger charge is 2.30. The van der Waals surface area contributed by atoms with E-state index in [-0.39, 0.29) is 30.6 Å². The molecule has 1 aliphatic carbocycles. The minimum Gasteiger partial charge on any atom is -0.476 e. The third kappa shape index (κ3) is 3.02. The molecule has 2 N–H and O–H groups in total. The van der Waals surface area contributed by atoms with Gasteiger partial charge >= 0.3 is 12.1 Å². The summed E-state index contributed by atoms with van der Waals surface area (Å²) in [6, 6.07) is 16.1. The normalized spacial score (nSPS) is 14.5. The van der Waals surface area contributed by atoms with Crippen molar-refractivity contribution in [3.63, 3.8) is 0 Å². The monoisotopic (exact) mass is 405 g/mol. The molecule has 30 heavy (non-hydrogen) atoms. The average Bonchev–Trinajstić information content (AvgIpc) is 3.27. The number of carbonyl (C=O) groups is 2. The molecule has 1 amide bonds. The summed E-state index contributed by atoms with van der Waals surface area (Å²) in [5.41, 5.74) is 4.41. The highest BCUT2D eigenvalue weighted by molar-refractivity contribution is 5.96. The zero-order valence-corrected chi connectivity index (χ0v) is 16.0. The topological polar surface area (TPSA) is 103 Å². The van der Waals surface area contributed by atoms with Crippen molar-refractivity contribution >= 4 is 17.9 Å². The van der Waals surface area contributed by atoms with Crippen molar-refractivity contribution in [3.8, 4) is 11.1 Å². The summed E-state index contributed by atoms with van der Waals surface area (Å²) in [6.45, 7) is 1.11. The van der Waals surface area contributed by atoms with E-state index in [0.717, 1.165) is 22.3 Å². The molecular weight excluding hydrogens is 386 g/mol. The maximum absolute atomic E-state index is 12.5. The van der Waals surface area contributed by atoms with Gasteiger partial charge in [-0.05, 0) is 22.3 Å². The van der Waals surface area contributed by atoms with Crippen LogP contribution in [0.1, 0.15) is 33.4 Å². The van der Waals surface area contributed by atoms with Crippen LogP contribution in [0.3, 0.4) is 0 Å². The molecule has 0 saturated carbocycles. The first-order valence-corrected chi connectivity index (χ1v) is 9.66. The number of hydrogen-bond donors (Lipinski definition) is 2. The van der Waals surface area contributed by atoms with Crippen LogP contribution in [0.15, 0.2) is 48.5 Å². The second-order valence-electron chi connectivity index (χ2n) is 7.19. The number of benzene rings is 2. The van der Waals surface area contributed by atoms with Gasteiger partial charge in [-0.2, -0.15) is 0 Å². The lowest BCUT2D eigenvalue weighted by molar-refractivity contribution is 0.0642. The van der Waals surface area contributed by atoms with Gasteiger partial charge in [0.1, 0.15) is 19.0 Å². The molecule has 1 aromatic heterocycles. The van der Waals surface area contributed by atoms with Gasteiger partial charge in [0.15, 0.2) is 11.5 Å². The molecule has 0 fully saturated rings. The molecule has 5 rings (SSSR count). The number of ether oxygens (including phenoxy) is 2. The lowest BCUT2D eigenvalue weighted by Crippen LogP contribution is -2.22. The minimum atomic E-state index is -1.16. The number of carboxylic acid groups (broad SMARTS) is 1. The molecule has 2 aliphatic rings. The zero-order chi connectivity index (χ0) is 20.7. The van der Waals surface area contributed by atoms with E-state index in [1.807, 2.05) is 36.4 Å². The van der Waals surface area contributed by atoms with Crippen LogP contribution in [0.4, 0.5) is 10.6 Å². The molecule has 0 bridgehead atoms. The van der Waals surface area contributed by atoms with Gasteiger partial charge in [0.2, 0.25) is 0 Å². The van der Waals surface area contributed by atoms with Crippen LogP contribution < -0.4 is 5.32 Å². The number of fused-ring (bicyclic) bond motifs is 4. The molecule has 0 atom stereocenters. The van der Waals surface area contributed by atoms with Gasteiger partial charge in [0.25, 0.3) is 0 Å². The summed E-state index contributed by atoms with van der Waals surface area (Å²) in [4.78, 5) is 28.4. The summed E-state index contributed by atoms with van der Waals surface area (Å²) >= 11 is 0. The SMILES string of the molecule is O=C(Nc1nc2n(c1C(=O)O)CCOC2)OCC1c2ccccc2-c2ccccc21. The number of imidazole rings is 1. The van der Waals surface area contributed by atoms with E-state index >= 15 is 0 Å². The number of aromatic carboxylic acids is 1. The number of nitrogens with one attached hydrogen (secondary N) is 1. The van der Waals surface area contributed by atoms with Crippen LogP contribution in [-0.4, -0.2) is 39.9 Å². The van der Waals surface area contributed by atoms with Crippen LogP contribution in [-0.2, 0) is 22.6 Å². The third-order valence-electron chi connectivity index (χ3n) is 5.50. The average molecular weight is 405 g/mol. The Morgan fingerprint density at radius 1 is 1.13 bits per heavy atom. The number of hydrogen-bond acceptors (Lipinski definition) is 5.